The van der Waals surface area contributed by atoms with Crippen LogP contribution in [0, 0.1) is 6.92 Å². The lowest BCUT2D eigenvalue weighted by Gasteiger charge is -2.34. The summed E-state index contributed by atoms with van der Waals surface area (Å²) < 4.78 is 26.1. The van der Waals surface area contributed by atoms with Gasteiger partial charge in [0.15, 0.2) is 0 Å². The summed E-state index contributed by atoms with van der Waals surface area (Å²) in [6.07, 6.45) is 1.49. The quantitative estimate of drug-likeness (QED) is 0.755. The molecule has 1 saturated heterocycles. The molecule has 5 nitrogen and oxygen atoms in total. The van der Waals surface area contributed by atoms with Crippen LogP contribution in [0.25, 0.3) is 10.9 Å². The Morgan fingerprint density at radius 2 is 1.96 bits per heavy atom. The Morgan fingerprint density at radius 1 is 1.15 bits per heavy atom. The van der Waals surface area contributed by atoms with E-state index in [0.717, 1.165) is 41.8 Å². The maximum atomic E-state index is 13.1. The van der Waals surface area contributed by atoms with E-state index in [1.807, 2.05) is 31.2 Å². The fraction of sp³-hybridized carbons (Fsp3) is 0.286. The van der Waals surface area contributed by atoms with Crippen LogP contribution in [0.1, 0.15) is 12.5 Å². The molecular formula is C21H23N3O2S. The second kappa shape index (κ2) is 6.94. The summed E-state index contributed by atoms with van der Waals surface area (Å²) in [5, 5.41) is 4.28. The second-order valence-corrected chi connectivity index (χ2v) is 9.01. The average molecular weight is 382 g/mol. The Labute approximate surface area is 160 Å². The first-order chi connectivity index (χ1) is 13.0. The predicted octanol–water partition coefficient (Wildman–Crippen LogP) is 3.17. The molecule has 1 N–H and O–H groups in total. The highest BCUT2D eigenvalue weighted by molar-refractivity contribution is 7.91. The largest absolute Gasteiger partial charge is 0.367 e. The lowest BCUT2D eigenvalue weighted by molar-refractivity contribution is 0.485. The van der Waals surface area contributed by atoms with E-state index in [1.54, 1.807) is 18.2 Å². The van der Waals surface area contributed by atoms with Crippen molar-refractivity contribution in [3.63, 3.8) is 0 Å². The number of para-hydroxylation sites is 1. The molecule has 4 rings (SSSR count). The number of anilines is 1. The molecule has 0 unspecified atom stereocenters. The van der Waals surface area contributed by atoms with Gasteiger partial charge in [-0.1, -0.05) is 30.3 Å². The van der Waals surface area contributed by atoms with Crippen molar-refractivity contribution < 1.29 is 8.42 Å². The van der Waals surface area contributed by atoms with Crippen molar-refractivity contribution in [3.05, 3.63) is 60.3 Å². The number of nitrogens with one attached hydrogen (secondary N) is 1. The third-order valence-electron chi connectivity index (χ3n) is 5.07. The molecule has 1 fully saturated rings. The number of rotatable bonds is 3. The van der Waals surface area contributed by atoms with E-state index in [1.165, 1.54) is 6.20 Å². The van der Waals surface area contributed by atoms with E-state index in [9.17, 15) is 8.42 Å². The van der Waals surface area contributed by atoms with Crippen molar-refractivity contribution in [3.8, 4) is 0 Å². The Kier molecular flexibility index (Phi) is 4.61. The Balaban J connectivity index is 1.79. The van der Waals surface area contributed by atoms with E-state index in [2.05, 4.69) is 28.2 Å². The number of piperazine rings is 1. The molecule has 0 spiro atoms. The highest BCUT2D eigenvalue weighted by Crippen LogP contribution is 2.30. The van der Waals surface area contributed by atoms with Crippen LogP contribution in [0.5, 0.6) is 0 Å². The number of sulfone groups is 1. The van der Waals surface area contributed by atoms with E-state index in [4.69, 9.17) is 0 Å². The van der Waals surface area contributed by atoms with E-state index < -0.39 is 9.84 Å². The van der Waals surface area contributed by atoms with Crippen LogP contribution in [-0.2, 0) is 9.84 Å². The highest BCUT2D eigenvalue weighted by atomic mass is 32.2. The summed E-state index contributed by atoms with van der Waals surface area (Å²) in [5.74, 6) is 0. The van der Waals surface area contributed by atoms with Crippen LogP contribution >= 0.6 is 0 Å². The maximum absolute atomic E-state index is 13.1. The number of hydrogen-bond donors (Lipinski definition) is 1. The molecule has 0 saturated carbocycles. The smallest absolute Gasteiger partial charge is 0.208 e. The minimum atomic E-state index is -3.59. The van der Waals surface area contributed by atoms with Crippen LogP contribution in [0.3, 0.4) is 0 Å². The molecule has 0 amide bonds. The lowest BCUT2D eigenvalue weighted by atomic mass is 10.1. The van der Waals surface area contributed by atoms with Gasteiger partial charge in [-0.05, 0) is 37.6 Å². The van der Waals surface area contributed by atoms with Gasteiger partial charge in [0.25, 0.3) is 0 Å². The molecule has 0 radical (unpaired) electrons. The molecule has 6 heteroatoms. The SMILES string of the molecule is Cc1ccccc1S(=O)(=O)c1cnc2c(N3CCN[C@@H](C)C3)cccc2c1. The molecule has 1 atom stereocenters. The zero-order valence-corrected chi connectivity index (χ0v) is 16.3. The molecular weight excluding hydrogens is 358 g/mol. The standard InChI is InChI=1S/C21H23N3O2S/c1-15-6-3-4-9-20(15)27(25,26)18-12-17-7-5-8-19(21(17)23-13-18)24-11-10-22-16(2)14-24/h3-9,12-13,16,22H,10-11,14H2,1-2H3/t16-/m0/s1. The van der Waals surface area contributed by atoms with Gasteiger partial charge in [-0.25, -0.2) is 8.42 Å². The number of hydrogen-bond acceptors (Lipinski definition) is 5. The summed E-state index contributed by atoms with van der Waals surface area (Å²) in [6.45, 7) is 6.72. The molecule has 2 aromatic carbocycles. The van der Waals surface area contributed by atoms with Crippen molar-refractivity contribution in [2.45, 2.75) is 29.7 Å². The van der Waals surface area contributed by atoms with Gasteiger partial charge in [0.05, 0.1) is 21.0 Å². The lowest BCUT2D eigenvalue weighted by Crippen LogP contribution is -2.49. The zero-order valence-electron chi connectivity index (χ0n) is 15.5. The van der Waals surface area contributed by atoms with Gasteiger partial charge in [-0.15, -0.1) is 0 Å². The van der Waals surface area contributed by atoms with Gasteiger partial charge in [0.2, 0.25) is 9.84 Å². The molecule has 27 heavy (non-hydrogen) atoms. The molecule has 1 aliphatic heterocycles. The molecule has 1 aromatic heterocycles. The highest BCUT2D eigenvalue weighted by Gasteiger charge is 2.22. The number of benzene rings is 2. The van der Waals surface area contributed by atoms with E-state index in [-0.39, 0.29) is 4.90 Å². The molecule has 3 aromatic rings. The summed E-state index contributed by atoms with van der Waals surface area (Å²) in [7, 11) is -3.59. The first kappa shape index (κ1) is 17.9. The van der Waals surface area contributed by atoms with Crippen LogP contribution in [-0.4, -0.2) is 39.1 Å². The zero-order chi connectivity index (χ0) is 19.0. The number of aryl methyl sites for hydroxylation is 1. The average Bonchev–Trinajstić information content (AvgIpc) is 2.67. The summed E-state index contributed by atoms with van der Waals surface area (Å²) >= 11 is 0. The number of fused-ring (bicyclic) bond motifs is 1. The fourth-order valence-electron chi connectivity index (χ4n) is 3.66. The predicted molar refractivity (Wildman–Crippen MR) is 108 cm³/mol. The molecule has 0 aliphatic carbocycles. The van der Waals surface area contributed by atoms with E-state index >= 15 is 0 Å². The van der Waals surface area contributed by atoms with Crippen molar-refractivity contribution in [2.24, 2.45) is 0 Å². The summed E-state index contributed by atoms with van der Waals surface area (Å²) in [5.41, 5.74) is 2.64. The van der Waals surface area contributed by atoms with Crippen molar-refractivity contribution >= 4 is 26.4 Å². The monoisotopic (exact) mass is 381 g/mol. The van der Waals surface area contributed by atoms with Crippen molar-refractivity contribution in [1.82, 2.24) is 10.3 Å². The van der Waals surface area contributed by atoms with Crippen LogP contribution in [0.2, 0.25) is 0 Å². The number of nitrogens with zero attached hydrogens (tertiary/aromatic N) is 2. The second-order valence-electron chi connectivity index (χ2n) is 7.09. The Hall–Kier alpha value is -2.44. The van der Waals surface area contributed by atoms with E-state index in [0.29, 0.717) is 10.9 Å². The van der Waals surface area contributed by atoms with Gasteiger partial charge >= 0.3 is 0 Å². The van der Waals surface area contributed by atoms with Crippen LogP contribution in [0.15, 0.2) is 64.5 Å². The van der Waals surface area contributed by atoms with Gasteiger partial charge in [0.1, 0.15) is 0 Å². The first-order valence-electron chi connectivity index (χ1n) is 9.14. The van der Waals surface area contributed by atoms with Gasteiger partial charge in [-0.2, -0.15) is 0 Å². The van der Waals surface area contributed by atoms with Crippen LogP contribution < -0.4 is 10.2 Å². The topological polar surface area (TPSA) is 62.3 Å². The van der Waals surface area contributed by atoms with Gasteiger partial charge in [0, 0.05) is 37.3 Å². The third kappa shape index (κ3) is 3.31. The van der Waals surface area contributed by atoms with Crippen molar-refractivity contribution in [1.29, 1.82) is 0 Å². The minimum Gasteiger partial charge on any atom is -0.367 e. The van der Waals surface area contributed by atoms with Crippen molar-refractivity contribution in [2.75, 3.05) is 24.5 Å². The first-order valence-corrected chi connectivity index (χ1v) is 10.6. The Morgan fingerprint density at radius 3 is 2.74 bits per heavy atom. The summed E-state index contributed by atoms with van der Waals surface area (Å²) in [4.78, 5) is 7.44. The summed E-state index contributed by atoms with van der Waals surface area (Å²) in [6, 6.07) is 15.1. The number of pyridine rings is 1. The number of aromatic nitrogens is 1. The molecule has 1 aliphatic rings. The molecule has 2 heterocycles. The normalized spacial score (nSPS) is 18.0. The Bertz CT molecular complexity index is 1100. The van der Waals surface area contributed by atoms with Gasteiger partial charge in [-0.3, -0.25) is 4.98 Å². The van der Waals surface area contributed by atoms with Crippen LogP contribution in [0.4, 0.5) is 5.69 Å². The third-order valence-corrected chi connectivity index (χ3v) is 6.95. The molecule has 140 valence electrons. The fourth-order valence-corrected chi connectivity index (χ4v) is 5.14. The minimum absolute atomic E-state index is 0.232. The maximum Gasteiger partial charge on any atom is 0.208 e. The van der Waals surface area contributed by atoms with Gasteiger partial charge < -0.3 is 10.2 Å². The molecule has 0 bridgehead atoms.